The topological polar surface area (TPSA) is 47.9 Å². The molecule has 2 unspecified atom stereocenters. The van der Waals surface area contributed by atoms with Crippen LogP contribution >= 0.6 is 0 Å². The lowest BCUT2D eigenvalue weighted by molar-refractivity contribution is -0.389. The third-order valence-electron chi connectivity index (χ3n) is 3.63. The highest BCUT2D eigenvalue weighted by Crippen LogP contribution is 2.27. The highest BCUT2D eigenvalue weighted by atomic mass is 17.2. The Labute approximate surface area is 127 Å². The first-order valence-electron chi connectivity index (χ1n) is 7.57. The molecule has 0 saturated carbocycles. The number of benzene rings is 1. The standard InChI is InChI=1S/C17H28O4/c1-13(2)16(12-11-14(3)19-18)20-21-17(4,5)15-9-7-6-8-10-15/h6-10,13-14,16,18H,11-12H2,1-5H3. The summed E-state index contributed by atoms with van der Waals surface area (Å²) in [6, 6.07) is 10.00. The molecule has 1 rings (SSSR count). The molecule has 4 heteroatoms. The van der Waals surface area contributed by atoms with Gasteiger partial charge in [-0.15, -0.1) is 0 Å². The van der Waals surface area contributed by atoms with Gasteiger partial charge in [0.05, 0.1) is 12.2 Å². The van der Waals surface area contributed by atoms with Gasteiger partial charge < -0.3 is 0 Å². The van der Waals surface area contributed by atoms with Crippen LogP contribution in [-0.4, -0.2) is 17.5 Å². The van der Waals surface area contributed by atoms with E-state index in [1.807, 2.05) is 51.1 Å². The van der Waals surface area contributed by atoms with Gasteiger partial charge >= 0.3 is 0 Å². The fourth-order valence-corrected chi connectivity index (χ4v) is 2.01. The van der Waals surface area contributed by atoms with Crippen LogP contribution in [0.25, 0.3) is 0 Å². The van der Waals surface area contributed by atoms with E-state index in [-0.39, 0.29) is 12.2 Å². The molecular formula is C17H28O4. The molecule has 0 saturated heterocycles. The van der Waals surface area contributed by atoms with Crippen LogP contribution in [0.3, 0.4) is 0 Å². The fourth-order valence-electron chi connectivity index (χ4n) is 2.01. The largest absolute Gasteiger partial charge is 0.252 e. The number of rotatable bonds is 9. The minimum Gasteiger partial charge on any atom is -0.252 e. The van der Waals surface area contributed by atoms with Gasteiger partial charge in [-0.25, -0.2) is 14.7 Å². The van der Waals surface area contributed by atoms with Gasteiger partial charge in [0, 0.05) is 0 Å². The molecule has 0 fully saturated rings. The Bertz CT molecular complexity index is 389. The molecule has 0 bridgehead atoms. The molecule has 120 valence electrons. The van der Waals surface area contributed by atoms with E-state index in [1.54, 1.807) is 0 Å². The molecule has 2 atom stereocenters. The van der Waals surface area contributed by atoms with Gasteiger partial charge in [-0.3, -0.25) is 5.26 Å². The zero-order chi connectivity index (χ0) is 15.9. The zero-order valence-electron chi connectivity index (χ0n) is 13.7. The summed E-state index contributed by atoms with van der Waals surface area (Å²) in [4.78, 5) is 15.7. The lowest BCUT2D eigenvalue weighted by atomic mass is 9.99. The van der Waals surface area contributed by atoms with Gasteiger partial charge in [0.25, 0.3) is 0 Å². The summed E-state index contributed by atoms with van der Waals surface area (Å²) in [6.07, 6.45) is 1.25. The van der Waals surface area contributed by atoms with E-state index in [0.717, 1.165) is 12.0 Å². The van der Waals surface area contributed by atoms with E-state index in [2.05, 4.69) is 18.7 Å². The third-order valence-corrected chi connectivity index (χ3v) is 3.63. The van der Waals surface area contributed by atoms with E-state index in [9.17, 15) is 0 Å². The van der Waals surface area contributed by atoms with Crippen molar-refractivity contribution < 1.29 is 19.9 Å². The van der Waals surface area contributed by atoms with Crippen LogP contribution < -0.4 is 0 Å². The molecule has 0 spiro atoms. The van der Waals surface area contributed by atoms with Crippen molar-refractivity contribution in [3.05, 3.63) is 35.9 Å². The molecule has 4 nitrogen and oxygen atoms in total. The average Bonchev–Trinajstić information content (AvgIpc) is 2.47. The maximum absolute atomic E-state index is 8.62. The van der Waals surface area contributed by atoms with Crippen LogP contribution in [0.1, 0.15) is 53.0 Å². The minimum absolute atomic E-state index is 0.0365. The molecule has 1 N–H and O–H groups in total. The lowest BCUT2D eigenvalue weighted by Gasteiger charge is -2.29. The van der Waals surface area contributed by atoms with Crippen molar-refractivity contribution in [2.75, 3.05) is 0 Å². The Morgan fingerprint density at radius 3 is 2.19 bits per heavy atom. The van der Waals surface area contributed by atoms with Crippen molar-refractivity contribution in [1.82, 2.24) is 0 Å². The van der Waals surface area contributed by atoms with Crippen LogP contribution in [0, 0.1) is 5.92 Å². The summed E-state index contributed by atoms with van der Waals surface area (Å²) in [5.74, 6) is 0.322. The molecule has 21 heavy (non-hydrogen) atoms. The quantitative estimate of drug-likeness (QED) is 0.536. The van der Waals surface area contributed by atoms with Crippen molar-refractivity contribution in [1.29, 1.82) is 0 Å². The SMILES string of the molecule is CC(CCC(OOC(C)(C)c1ccccc1)C(C)C)OO. The lowest BCUT2D eigenvalue weighted by Crippen LogP contribution is -2.29. The Hall–Kier alpha value is -0.940. The Balaban J connectivity index is 2.56. The molecule has 1 aromatic carbocycles. The van der Waals surface area contributed by atoms with Crippen LogP contribution in [0.2, 0.25) is 0 Å². The van der Waals surface area contributed by atoms with Crippen LogP contribution in [0.5, 0.6) is 0 Å². The van der Waals surface area contributed by atoms with Crippen LogP contribution in [-0.2, 0) is 20.3 Å². The Kier molecular flexibility index (Phi) is 7.32. The van der Waals surface area contributed by atoms with Gasteiger partial charge in [0.2, 0.25) is 0 Å². The molecule has 0 aliphatic carbocycles. The number of hydrogen-bond acceptors (Lipinski definition) is 4. The first-order chi connectivity index (χ1) is 9.86. The third kappa shape index (κ3) is 6.14. The first kappa shape index (κ1) is 18.1. The van der Waals surface area contributed by atoms with E-state index >= 15 is 0 Å². The monoisotopic (exact) mass is 296 g/mol. The minimum atomic E-state index is -0.506. The highest BCUT2D eigenvalue weighted by molar-refractivity contribution is 5.20. The second kappa shape index (κ2) is 8.49. The van der Waals surface area contributed by atoms with Crippen molar-refractivity contribution in [2.24, 2.45) is 5.92 Å². The summed E-state index contributed by atoms with van der Waals surface area (Å²) in [5, 5.41) is 8.62. The van der Waals surface area contributed by atoms with Gasteiger partial charge in [0.1, 0.15) is 5.60 Å². The fraction of sp³-hybridized carbons (Fsp3) is 0.647. The predicted molar refractivity (Wildman–Crippen MR) is 82.7 cm³/mol. The normalized spacial score (nSPS) is 15.2. The molecular weight excluding hydrogens is 268 g/mol. The molecule has 0 aromatic heterocycles. The molecule has 0 aliphatic rings. The summed E-state index contributed by atoms with van der Waals surface area (Å²) in [6.45, 7) is 9.98. The smallest absolute Gasteiger partial charge is 0.123 e. The van der Waals surface area contributed by atoms with Gasteiger partial charge in [-0.2, -0.15) is 0 Å². The molecule has 0 heterocycles. The van der Waals surface area contributed by atoms with Crippen molar-refractivity contribution >= 4 is 0 Å². The van der Waals surface area contributed by atoms with E-state index in [0.29, 0.717) is 12.3 Å². The second-order valence-corrected chi connectivity index (χ2v) is 6.33. The van der Waals surface area contributed by atoms with Crippen LogP contribution in [0.4, 0.5) is 0 Å². The Morgan fingerprint density at radius 2 is 1.67 bits per heavy atom. The molecule has 0 radical (unpaired) electrons. The van der Waals surface area contributed by atoms with E-state index in [1.165, 1.54) is 0 Å². The maximum Gasteiger partial charge on any atom is 0.123 e. The van der Waals surface area contributed by atoms with E-state index in [4.69, 9.17) is 15.0 Å². The predicted octanol–water partition coefficient (Wildman–Crippen LogP) is 4.55. The maximum atomic E-state index is 8.62. The summed E-state index contributed by atoms with van der Waals surface area (Å²) < 4.78 is 0. The summed E-state index contributed by atoms with van der Waals surface area (Å²) >= 11 is 0. The highest BCUT2D eigenvalue weighted by Gasteiger charge is 2.26. The van der Waals surface area contributed by atoms with Crippen LogP contribution in [0.15, 0.2) is 30.3 Å². The summed E-state index contributed by atoms with van der Waals surface area (Å²) in [7, 11) is 0. The van der Waals surface area contributed by atoms with Gasteiger partial charge in [-0.05, 0) is 45.1 Å². The van der Waals surface area contributed by atoms with E-state index < -0.39 is 5.60 Å². The van der Waals surface area contributed by atoms with Crippen molar-refractivity contribution in [3.8, 4) is 0 Å². The second-order valence-electron chi connectivity index (χ2n) is 6.33. The van der Waals surface area contributed by atoms with Crippen molar-refractivity contribution in [2.45, 2.75) is 65.3 Å². The first-order valence-corrected chi connectivity index (χ1v) is 7.57. The average molecular weight is 296 g/mol. The molecule has 1 aromatic rings. The zero-order valence-corrected chi connectivity index (χ0v) is 13.7. The van der Waals surface area contributed by atoms with Gasteiger partial charge in [0.15, 0.2) is 0 Å². The molecule has 0 amide bonds. The Morgan fingerprint density at radius 1 is 1.05 bits per heavy atom. The number of hydrogen-bond donors (Lipinski definition) is 1. The van der Waals surface area contributed by atoms with Gasteiger partial charge in [-0.1, -0.05) is 44.2 Å². The summed E-state index contributed by atoms with van der Waals surface area (Å²) in [5.41, 5.74) is 0.563. The van der Waals surface area contributed by atoms with Crippen molar-refractivity contribution in [3.63, 3.8) is 0 Å². The molecule has 0 aliphatic heterocycles.